The SMILES string of the molecule is CC(C)(C)c1cc(CN2CCN(CC(F)(F)F)CC2)cc(CC(C)(C)c2cccc(NC3CCNCC3)c2)c1. The van der Waals surface area contributed by atoms with Gasteiger partial charge in [-0.15, -0.1) is 0 Å². The number of alkyl halides is 3. The van der Waals surface area contributed by atoms with Crippen molar-refractivity contribution in [1.82, 2.24) is 15.1 Å². The Hall–Kier alpha value is -2.09. The molecule has 0 radical (unpaired) electrons. The first-order chi connectivity index (χ1) is 18.3. The van der Waals surface area contributed by atoms with Crippen LogP contribution in [0.2, 0.25) is 0 Å². The summed E-state index contributed by atoms with van der Waals surface area (Å²) >= 11 is 0. The van der Waals surface area contributed by atoms with Gasteiger partial charge in [-0.3, -0.25) is 9.80 Å². The van der Waals surface area contributed by atoms with Gasteiger partial charge in [0.15, 0.2) is 0 Å². The number of piperazine rings is 1. The Kier molecular flexibility index (Phi) is 9.34. The minimum absolute atomic E-state index is 0.0129. The van der Waals surface area contributed by atoms with Crippen LogP contribution in [-0.4, -0.2) is 67.8 Å². The zero-order chi connectivity index (χ0) is 28.3. The quantitative estimate of drug-likeness (QED) is 0.406. The monoisotopic (exact) mass is 544 g/mol. The number of anilines is 1. The number of piperidine rings is 1. The normalized spacial score (nSPS) is 18.9. The molecular weight excluding hydrogens is 497 g/mol. The summed E-state index contributed by atoms with van der Waals surface area (Å²) in [6.45, 7) is 15.7. The van der Waals surface area contributed by atoms with Gasteiger partial charge in [0, 0.05) is 44.5 Å². The Balaban J connectivity index is 1.47. The van der Waals surface area contributed by atoms with Gasteiger partial charge in [-0.1, -0.05) is 65.0 Å². The van der Waals surface area contributed by atoms with Crippen LogP contribution >= 0.6 is 0 Å². The van der Waals surface area contributed by atoms with Crippen molar-refractivity contribution < 1.29 is 13.2 Å². The maximum Gasteiger partial charge on any atom is 0.401 e. The smallest absolute Gasteiger partial charge is 0.382 e. The average molecular weight is 545 g/mol. The lowest BCUT2D eigenvalue weighted by Crippen LogP contribution is -2.48. The lowest BCUT2D eigenvalue weighted by atomic mass is 9.77. The third-order valence-electron chi connectivity index (χ3n) is 8.19. The van der Waals surface area contributed by atoms with Crippen molar-refractivity contribution in [2.75, 3.05) is 51.1 Å². The Morgan fingerprint density at radius 3 is 2.10 bits per heavy atom. The number of rotatable bonds is 8. The molecule has 39 heavy (non-hydrogen) atoms. The van der Waals surface area contributed by atoms with E-state index in [4.69, 9.17) is 0 Å². The van der Waals surface area contributed by atoms with Crippen LogP contribution in [0.1, 0.15) is 69.7 Å². The van der Waals surface area contributed by atoms with E-state index in [1.807, 2.05) is 0 Å². The van der Waals surface area contributed by atoms with Crippen LogP contribution in [0.15, 0.2) is 42.5 Å². The van der Waals surface area contributed by atoms with Gasteiger partial charge in [0.2, 0.25) is 0 Å². The molecular formula is C32H47F3N4. The van der Waals surface area contributed by atoms with E-state index in [1.165, 1.54) is 32.8 Å². The van der Waals surface area contributed by atoms with Crippen LogP contribution in [0.5, 0.6) is 0 Å². The second kappa shape index (κ2) is 12.2. The number of benzene rings is 2. The highest BCUT2D eigenvalue weighted by Crippen LogP contribution is 2.33. The molecule has 0 unspecified atom stereocenters. The lowest BCUT2D eigenvalue weighted by Gasteiger charge is -2.35. The molecule has 0 bridgehead atoms. The zero-order valence-electron chi connectivity index (χ0n) is 24.4. The summed E-state index contributed by atoms with van der Waals surface area (Å²) in [4.78, 5) is 3.81. The van der Waals surface area contributed by atoms with Gasteiger partial charge in [-0.25, -0.2) is 0 Å². The van der Waals surface area contributed by atoms with E-state index in [-0.39, 0.29) is 10.8 Å². The molecule has 2 aromatic rings. The molecule has 0 saturated carbocycles. The standard InChI is InChI=1S/C32H47F3N4/c1-30(2,3)27-18-24(17-25(19-27)22-38-13-15-39(16-14-38)23-32(33,34)35)21-31(4,5)26-7-6-8-29(20-26)37-28-9-11-36-12-10-28/h6-8,17-20,28,36-37H,9-16,21-23H2,1-5H3. The summed E-state index contributed by atoms with van der Waals surface area (Å²) in [6.07, 6.45) is -0.922. The minimum Gasteiger partial charge on any atom is -0.382 e. The number of hydrogen-bond acceptors (Lipinski definition) is 4. The van der Waals surface area contributed by atoms with Crippen LogP contribution in [0, 0.1) is 0 Å². The van der Waals surface area contributed by atoms with E-state index < -0.39 is 12.7 Å². The van der Waals surface area contributed by atoms with Crippen LogP contribution < -0.4 is 10.6 Å². The first kappa shape index (κ1) is 29.9. The molecule has 0 aliphatic carbocycles. The predicted octanol–water partition coefficient (Wildman–Crippen LogP) is 6.35. The van der Waals surface area contributed by atoms with E-state index in [0.29, 0.717) is 32.2 Å². The van der Waals surface area contributed by atoms with Crippen molar-refractivity contribution in [3.8, 4) is 0 Å². The highest BCUT2D eigenvalue weighted by molar-refractivity contribution is 5.49. The average Bonchev–Trinajstić information content (AvgIpc) is 2.84. The van der Waals surface area contributed by atoms with Crippen molar-refractivity contribution in [2.45, 2.75) is 83.5 Å². The number of nitrogens with one attached hydrogen (secondary N) is 2. The molecule has 2 N–H and O–H groups in total. The van der Waals surface area contributed by atoms with Crippen molar-refractivity contribution in [1.29, 1.82) is 0 Å². The third kappa shape index (κ3) is 8.95. The van der Waals surface area contributed by atoms with Crippen LogP contribution in [-0.2, 0) is 23.8 Å². The molecule has 0 amide bonds. The number of hydrogen-bond donors (Lipinski definition) is 2. The summed E-state index contributed by atoms with van der Waals surface area (Å²) in [7, 11) is 0. The van der Waals surface area contributed by atoms with Gasteiger partial charge in [-0.05, 0) is 77.6 Å². The van der Waals surface area contributed by atoms with E-state index >= 15 is 0 Å². The molecule has 216 valence electrons. The van der Waals surface area contributed by atoms with Gasteiger partial charge in [-0.2, -0.15) is 13.2 Å². The Bertz CT molecular complexity index is 1080. The topological polar surface area (TPSA) is 30.5 Å². The maximum atomic E-state index is 12.8. The number of halogens is 3. The second-order valence-corrected chi connectivity index (χ2v) is 13.3. The molecule has 2 saturated heterocycles. The minimum atomic E-state index is -4.13. The third-order valence-corrected chi connectivity index (χ3v) is 8.19. The predicted molar refractivity (Wildman–Crippen MR) is 156 cm³/mol. The van der Waals surface area contributed by atoms with Gasteiger partial charge in [0.1, 0.15) is 0 Å². The van der Waals surface area contributed by atoms with Gasteiger partial charge in [0.25, 0.3) is 0 Å². The fraction of sp³-hybridized carbons (Fsp3) is 0.625. The molecule has 4 rings (SSSR count). The molecule has 0 atom stereocenters. The van der Waals surface area contributed by atoms with Crippen molar-refractivity contribution in [3.05, 3.63) is 64.7 Å². The molecule has 7 heteroatoms. The lowest BCUT2D eigenvalue weighted by molar-refractivity contribution is -0.149. The van der Waals surface area contributed by atoms with Crippen LogP contribution in [0.4, 0.5) is 18.9 Å². The van der Waals surface area contributed by atoms with E-state index in [2.05, 4.69) is 92.6 Å². The fourth-order valence-electron chi connectivity index (χ4n) is 5.85. The van der Waals surface area contributed by atoms with Gasteiger partial charge < -0.3 is 10.6 Å². The number of nitrogens with zero attached hydrogens (tertiary/aromatic N) is 2. The largest absolute Gasteiger partial charge is 0.401 e. The van der Waals surface area contributed by atoms with Crippen molar-refractivity contribution in [3.63, 3.8) is 0 Å². The molecule has 0 aromatic heterocycles. The Morgan fingerprint density at radius 2 is 1.46 bits per heavy atom. The highest BCUT2D eigenvalue weighted by atomic mass is 19.4. The zero-order valence-corrected chi connectivity index (χ0v) is 24.4. The summed E-state index contributed by atoms with van der Waals surface area (Å²) in [5.41, 5.74) is 6.35. The van der Waals surface area contributed by atoms with Gasteiger partial charge >= 0.3 is 6.18 Å². The first-order valence-electron chi connectivity index (χ1n) is 14.5. The summed E-state index contributed by atoms with van der Waals surface area (Å²) in [5.74, 6) is 0. The van der Waals surface area contributed by atoms with Crippen LogP contribution in [0.25, 0.3) is 0 Å². The molecule has 2 heterocycles. The summed E-state index contributed by atoms with van der Waals surface area (Å²) in [6, 6.07) is 16.4. The van der Waals surface area contributed by atoms with E-state index in [9.17, 15) is 13.2 Å². The van der Waals surface area contributed by atoms with Crippen molar-refractivity contribution in [2.24, 2.45) is 0 Å². The van der Waals surface area contributed by atoms with E-state index in [0.717, 1.165) is 38.9 Å². The highest BCUT2D eigenvalue weighted by Gasteiger charge is 2.32. The molecule has 2 fully saturated rings. The molecule has 2 aliphatic heterocycles. The Morgan fingerprint density at radius 1 is 0.821 bits per heavy atom. The van der Waals surface area contributed by atoms with Crippen molar-refractivity contribution >= 4 is 5.69 Å². The second-order valence-electron chi connectivity index (χ2n) is 13.3. The van der Waals surface area contributed by atoms with Gasteiger partial charge in [0.05, 0.1) is 6.54 Å². The van der Waals surface area contributed by atoms with Crippen LogP contribution in [0.3, 0.4) is 0 Å². The first-order valence-corrected chi connectivity index (χ1v) is 14.5. The summed E-state index contributed by atoms with van der Waals surface area (Å²) in [5, 5.41) is 7.18. The molecule has 4 nitrogen and oxygen atoms in total. The van der Waals surface area contributed by atoms with E-state index in [1.54, 1.807) is 0 Å². The molecule has 0 spiro atoms. The maximum absolute atomic E-state index is 12.8. The molecule has 2 aliphatic rings. The fourth-order valence-corrected chi connectivity index (χ4v) is 5.85. The summed E-state index contributed by atoms with van der Waals surface area (Å²) < 4.78 is 38.4. The Labute approximate surface area is 233 Å². The molecule has 2 aromatic carbocycles.